The number of nitrogens with zero attached hydrogens (tertiary/aromatic N) is 1. The summed E-state index contributed by atoms with van der Waals surface area (Å²) in [5.41, 5.74) is 5.81. The quantitative estimate of drug-likeness (QED) is 0.0675. The molecule has 0 aromatic heterocycles. The fourth-order valence-corrected chi connectivity index (χ4v) is 5.11. The van der Waals surface area contributed by atoms with E-state index >= 15 is 0 Å². The van der Waals surface area contributed by atoms with Gasteiger partial charge in [-0.2, -0.15) is 0 Å². The van der Waals surface area contributed by atoms with E-state index in [1.54, 1.807) is 6.92 Å². The van der Waals surface area contributed by atoms with Gasteiger partial charge in [-0.1, -0.05) is 116 Å². The van der Waals surface area contributed by atoms with Crippen molar-refractivity contribution in [2.75, 3.05) is 4.90 Å². The number of anilines is 3. The fourth-order valence-electron chi connectivity index (χ4n) is 5.11. The zero-order chi connectivity index (χ0) is 28.2. The van der Waals surface area contributed by atoms with Crippen LogP contribution in [0.5, 0.6) is 5.75 Å². The molecule has 0 N–H and O–H groups in total. The van der Waals surface area contributed by atoms with E-state index in [0.717, 1.165) is 49.7 Å². The number of carbonyl (C=O) groups is 1. The van der Waals surface area contributed by atoms with Gasteiger partial charge in [0.2, 0.25) is 0 Å². The van der Waals surface area contributed by atoms with Crippen LogP contribution in [0, 0.1) is 0 Å². The maximum absolute atomic E-state index is 12.5. The second kappa shape index (κ2) is 11.4. The van der Waals surface area contributed by atoms with Gasteiger partial charge < -0.3 is 9.64 Å². The third-order valence-corrected chi connectivity index (χ3v) is 7.09. The SMILES string of the molecule is C=C(C)C(=O)Oc1c2ccccc2c(/C=C/c2ccc(N(c3ccccc3)c3ccccc3)cc2)c2ccccc12. The molecule has 0 aliphatic rings. The minimum absolute atomic E-state index is 0.365. The summed E-state index contributed by atoms with van der Waals surface area (Å²) in [5, 5.41) is 3.81. The highest BCUT2D eigenvalue weighted by Gasteiger charge is 2.17. The van der Waals surface area contributed by atoms with Crippen LogP contribution in [0.4, 0.5) is 17.1 Å². The number of fused-ring (bicyclic) bond motifs is 2. The largest absolute Gasteiger partial charge is 0.422 e. The maximum Gasteiger partial charge on any atom is 0.338 e. The molecule has 0 spiro atoms. The van der Waals surface area contributed by atoms with Gasteiger partial charge in [0, 0.05) is 33.4 Å². The van der Waals surface area contributed by atoms with Gasteiger partial charge in [-0.15, -0.1) is 0 Å². The Labute approximate surface area is 240 Å². The molecule has 41 heavy (non-hydrogen) atoms. The van der Waals surface area contributed by atoms with Crippen LogP contribution in [-0.2, 0) is 4.79 Å². The number of carbonyl (C=O) groups excluding carboxylic acids is 1. The molecule has 6 aromatic rings. The predicted octanol–water partition coefficient (Wildman–Crippen LogP) is 10.1. The van der Waals surface area contributed by atoms with E-state index in [9.17, 15) is 4.79 Å². The van der Waals surface area contributed by atoms with Gasteiger partial charge in [-0.3, -0.25) is 0 Å². The molecule has 3 heteroatoms. The number of para-hydroxylation sites is 2. The topological polar surface area (TPSA) is 29.5 Å². The first kappa shape index (κ1) is 25.8. The fraction of sp³-hybridized carbons (Fsp3) is 0.0263. The first-order valence-corrected chi connectivity index (χ1v) is 13.6. The standard InChI is InChI=1S/C38H29NO2/c1-27(2)38(40)41-37-35-19-11-9-17-32(35)34(33-18-10-12-20-36(33)37)26-23-28-21-24-31(25-22-28)39(29-13-5-3-6-14-29)30-15-7-4-8-16-30/h3-26H,1H2,2H3/b26-23+. The second-order valence-corrected chi connectivity index (χ2v) is 9.94. The van der Waals surface area contributed by atoms with Crippen molar-refractivity contribution in [2.24, 2.45) is 0 Å². The van der Waals surface area contributed by atoms with Crippen molar-refractivity contribution in [3.05, 3.63) is 157 Å². The zero-order valence-electron chi connectivity index (χ0n) is 22.8. The predicted molar refractivity (Wildman–Crippen MR) is 172 cm³/mol. The van der Waals surface area contributed by atoms with Gasteiger partial charge >= 0.3 is 5.97 Å². The molecule has 3 nitrogen and oxygen atoms in total. The second-order valence-electron chi connectivity index (χ2n) is 9.94. The molecule has 0 radical (unpaired) electrons. The van der Waals surface area contributed by atoms with E-state index in [-0.39, 0.29) is 0 Å². The molecule has 6 rings (SSSR count). The Morgan fingerprint density at radius 2 is 1.02 bits per heavy atom. The summed E-state index contributed by atoms with van der Waals surface area (Å²) in [4.78, 5) is 14.8. The van der Waals surface area contributed by atoms with Gasteiger partial charge in [0.25, 0.3) is 0 Å². The summed E-state index contributed by atoms with van der Waals surface area (Å²) in [6.07, 6.45) is 4.28. The van der Waals surface area contributed by atoms with Crippen LogP contribution >= 0.6 is 0 Å². The molecule has 0 saturated carbocycles. The summed E-state index contributed by atoms with van der Waals surface area (Å²) in [6, 6.07) is 45.4. The summed E-state index contributed by atoms with van der Waals surface area (Å²) >= 11 is 0. The first-order chi connectivity index (χ1) is 20.1. The Balaban J connectivity index is 1.40. The monoisotopic (exact) mass is 531 g/mol. The zero-order valence-corrected chi connectivity index (χ0v) is 22.8. The number of hydrogen-bond donors (Lipinski definition) is 0. The highest BCUT2D eigenvalue weighted by Crippen LogP contribution is 2.40. The lowest BCUT2D eigenvalue weighted by Crippen LogP contribution is -2.09. The minimum atomic E-state index is -0.427. The summed E-state index contributed by atoms with van der Waals surface area (Å²) < 4.78 is 5.86. The van der Waals surface area contributed by atoms with E-state index in [1.165, 1.54) is 0 Å². The van der Waals surface area contributed by atoms with Crippen molar-refractivity contribution in [3.8, 4) is 5.75 Å². The van der Waals surface area contributed by atoms with Crippen molar-refractivity contribution < 1.29 is 9.53 Å². The van der Waals surface area contributed by atoms with E-state index in [2.05, 4.69) is 109 Å². The molecule has 0 heterocycles. The van der Waals surface area contributed by atoms with Crippen molar-refractivity contribution in [1.29, 1.82) is 0 Å². The molecule has 0 unspecified atom stereocenters. The van der Waals surface area contributed by atoms with Crippen LogP contribution in [0.2, 0.25) is 0 Å². The molecule has 0 amide bonds. The molecule has 0 aliphatic heterocycles. The maximum atomic E-state index is 12.5. The van der Waals surface area contributed by atoms with Crippen molar-refractivity contribution >= 4 is 56.7 Å². The van der Waals surface area contributed by atoms with E-state index < -0.39 is 5.97 Å². The van der Waals surface area contributed by atoms with E-state index in [1.807, 2.05) is 48.5 Å². The van der Waals surface area contributed by atoms with Gasteiger partial charge in [0.05, 0.1) is 0 Å². The average Bonchev–Trinajstić information content (AvgIpc) is 3.02. The summed E-state index contributed by atoms with van der Waals surface area (Å²) in [5.74, 6) is 0.136. The van der Waals surface area contributed by atoms with Crippen molar-refractivity contribution in [1.82, 2.24) is 0 Å². The average molecular weight is 532 g/mol. The van der Waals surface area contributed by atoms with Crippen LogP contribution in [0.1, 0.15) is 18.1 Å². The molecular formula is C38H29NO2. The molecular weight excluding hydrogens is 502 g/mol. The summed E-state index contributed by atoms with van der Waals surface area (Å²) in [7, 11) is 0. The molecule has 198 valence electrons. The van der Waals surface area contributed by atoms with Crippen LogP contribution in [0.3, 0.4) is 0 Å². The smallest absolute Gasteiger partial charge is 0.338 e. The normalized spacial score (nSPS) is 11.1. The highest BCUT2D eigenvalue weighted by atomic mass is 16.5. The number of rotatable bonds is 7. The summed E-state index contributed by atoms with van der Waals surface area (Å²) in [6.45, 7) is 5.42. The van der Waals surface area contributed by atoms with Crippen molar-refractivity contribution in [3.63, 3.8) is 0 Å². The molecule has 0 bridgehead atoms. The number of ether oxygens (including phenoxy) is 1. The number of esters is 1. The lowest BCUT2D eigenvalue weighted by Gasteiger charge is -2.25. The molecule has 0 atom stereocenters. The van der Waals surface area contributed by atoms with Gasteiger partial charge in [-0.05, 0) is 65.2 Å². The Bertz CT molecular complexity index is 1790. The van der Waals surface area contributed by atoms with E-state index in [4.69, 9.17) is 4.74 Å². The van der Waals surface area contributed by atoms with E-state index in [0.29, 0.717) is 11.3 Å². The van der Waals surface area contributed by atoms with Crippen molar-refractivity contribution in [2.45, 2.75) is 6.92 Å². The lowest BCUT2D eigenvalue weighted by atomic mass is 9.95. The molecule has 6 aromatic carbocycles. The van der Waals surface area contributed by atoms with Crippen LogP contribution in [0.15, 0.2) is 146 Å². The Kier molecular flexibility index (Phi) is 7.17. The van der Waals surface area contributed by atoms with Crippen LogP contribution < -0.4 is 9.64 Å². The molecule has 0 aliphatic carbocycles. The Morgan fingerprint density at radius 3 is 1.51 bits per heavy atom. The first-order valence-electron chi connectivity index (χ1n) is 13.6. The lowest BCUT2D eigenvalue weighted by molar-refractivity contribution is -0.129. The minimum Gasteiger partial charge on any atom is -0.422 e. The third-order valence-electron chi connectivity index (χ3n) is 7.09. The third kappa shape index (κ3) is 5.26. The van der Waals surface area contributed by atoms with Crippen LogP contribution in [0.25, 0.3) is 33.7 Å². The van der Waals surface area contributed by atoms with Crippen LogP contribution in [-0.4, -0.2) is 5.97 Å². The number of hydrogen-bond acceptors (Lipinski definition) is 3. The Hall–Kier alpha value is -5.41. The molecule has 0 saturated heterocycles. The Morgan fingerprint density at radius 1 is 0.585 bits per heavy atom. The molecule has 0 fully saturated rings. The number of benzene rings is 6. The van der Waals surface area contributed by atoms with Gasteiger partial charge in [0.15, 0.2) is 0 Å². The van der Waals surface area contributed by atoms with Gasteiger partial charge in [-0.25, -0.2) is 4.79 Å². The van der Waals surface area contributed by atoms with Gasteiger partial charge in [0.1, 0.15) is 5.75 Å². The highest BCUT2D eigenvalue weighted by molar-refractivity contribution is 6.14.